The Morgan fingerprint density at radius 1 is 1.28 bits per heavy atom. The van der Waals surface area contributed by atoms with Gasteiger partial charge in [-0.05, 0) is 48.4 Å². The van der Waals surface area contributed by atoms with Gasteiger partial charge in [-0.3, -0.25) is 0 Å². The number of hydrogen-bond donors (Lipinski definition) is 1. The highest BCUT2D eigenvalue weighted by Crippen LogP contribution is 2.63. The van der Waals surface area contributed by atoms with E-state index in [2.05, 4.69) is 5.32 Å². The standard InChI is InChI=1S/C13H13F4N/c14-11-5-8(13(15,16)17)1-2-9(11)10-6-12(10)3-4-18-7-12/h1-2,5,10,18H,3-4,6-7H2/t10-,12-/m1/s1. The quantitative estimate of drug-likeness (QED) is 0.763. The van der Waals surface area contributed by atoms with Crippen LogP contribution in [0.15, 0.2) is 18.2 Å². The van der Waals surface area contributed by atoms with Gasteiger partial charge >= 0.3 is 6.18 Å². The fourth-order valence-electron chi connectivity index (χ4n) is 3.01. The van der Waals surface area contributed by atoms with Crippen LogP contribution in [0.4, 0.5) is 17.6 Å². The van der Waals surface area contributed by atoms with Gasteiger partial charge in [0.2, 0.25) is 0 Å². The Hall–Kier alpha value is -1.10. The van der Waals surface area contributed by atoms with Crippen molar-refractivity contribution in [3.8, 4) is 0 Å². The maximum atomic E-state index is 13.8. The number of rotatable bonds is 1. The molecule has 1 N–H and O–H groups in total. The first-order chi connectivity index (χ1) is 8.42. The van der Waals surface area contributed by atoms with Crippen LogP contribution < -0.4 is 5.32 Å². The molecule has 1 saturated heterocycles. The molecule has 2 fully saturated rings. The number of halogens is 4. The molecule has 2 aliphatic rings. The van der Waals surface area contributed by atoms with Gasteiger partial charge in [-0.2, -0.15) is 13.2 Å². The highest BCUT2D eigenvalue weighted by atomic mass is 19.4. The Balaban J connectivity index is 1.87. The van der Waals surface area contributed by atoms with E-state index in [1.54, 1.807) is 0 Å². The second-order valence-corrected chi connectivity index (χ2v) is 5.28. The monoisotopic (exact) mass is 259 g/mol. The van der Waals surface area contributed by atoms with Crippen molar-refractivity contribution in [3.63, 3.8) is 0 Å². The molecule has 1 aromatic rings. The summed E-state index contributed by atoms with van der Waals surface area (Å²) in [5.41, 5.74) is -0.379. The number of benzene rings is 1. The maximum absolute atomic E-state index is 13.8. The molecule has 0 radical (unpaired) electrons. The molecule has 0 aromatic heterocycles. The molecule has 18 heavy (non-hydrogen) atoms. The lowest BCUT2D eigenvalue weighted by atomic mass is 9.97. The zero-order chi connectivity index (χ0) is 13.0. The largest absolute Gasteiger partial charge is 0.416 e. The predicted molar refractivity (Wildman–Crippen MR) is 58.7 cm³/mol. The van der Waals surface area contributed by atoms with E-state index in [0.29, 0.717) is 11.6 Å². The Bertz CT molecular complexity index is 474. The van der Waals surface area contributed by atoms with Crippen LogP contribution in [0.2, 0.25) is 0 Å². The first-order valence-corrected chi connectivity index (χ1v) is 6.00. The van der Waals surface area contributed by atoms with Crippen molar-refractivity contribution in [1.82, 2.24) is 5.32 Å². The lowest BCUT2D eigenvalue weighted by Gasteiger charge is -2.11. The summed E-state index contributed by atoms with van der Waals surface area (Å²) in [5.74, 6) is -0.645. The van der Waals surface area contributed by atoms with Gasteiger partial charge in [-0.1, -0.05) is 6.07 Å². The van der Waals surface area contributed by atoms with Crippen molar-refractivity contribution < 1.29 is 17.6 Å². The van der Waals surface area contributed by atoms with E-state index in [1.807, 2.05) is 0 Å². The average molecular weight is 259 g/mol. The van der Waals surface area contributed by atoms with Crippen molar-refractivity contribution in [2.75, 3.05) is 13.1 Å². The van der Waals surface area contributed by atoms with Crippen molar-refractivity contribution in [3.05, 3.63) is 35.1 Å². The van der Waals surface area contributed by atoms with Crippen molar-refractivity contribution in [1.29, 1.82) is 0 Å². The Kier molecular flexibility index (Phi) is 2.46. The van der Waals surface area contributed by atoms with Crippen molar-refractivity contribution in [2.24, 2.45) is 5.41 Å². The minimum Gasteiger partial charge on any atom is -0.316 e. The smallest absolute Gasteiger partial charge is 0.316 e. The van der Waals surface area contributed by atoms with E-state index in [1.165, 1.54) is 6.07 Å². The zero-order valence-corrected chi connectivity index (χ0v) is 9.65. The molecule has 1 aliphatic heterocycles. The molecule has 0 unspecified atom stereocenters. The van der Waals surface area contributed by atoms with Crippen LogP contribution in [-0.2, 0) is 6.18 Å². The second kappa shape index (κ2) is 3.70. The summed E-state index contributed by atoms with van der Waals surface area (Å²) in [7, 11) is 0. The number of alkyl halides is 3. The summed E-state index contributed by atoms with van der Waals surface area (Å²) < 4.78 is 51.1. The third-order valence-electron chi connectivity index (χ3n) is 4.17. The highest BCUT2D eigenvalue weighted by Gasteiger charge is 2.56. The molecular formula is C13H13F4N. The van der Waals surface area contributed by atoms with E-state index < -0.39 is 17.6 Å². The Morgan fingerprint density at radius 3 is 2.61 bits per heavy atom. The average Bonchev–Trinajstić information content (AvgIpc) is 2.75. The molecule has 3 rings (SSSR count). The first-order valence-electron chi connectivity index (χ1n) is 6.00. The van der Waals surface area contributed by atoms with Gasteiger partial charge < -0.3 is 5.32 Å². The van der Waals surface area contributed by atoms with Gasteiger partial charge in [0.05, 0.1) is 5.56 Å². The molecule has 1 saturated carbocycles. The van der Waals surface area contributed by atoms with Gasteiger partial charge in [0.1, 0.15) is 5.82 Å². The summed E-state index contributed by atoms with van der Waals surface area (Å²) in [6.07, 6.45) is -2.62. The third-order valence-corrected chi connectivity index (χ3v) is 4.17. The Labute approximate surface area is 102 Å². The summed E-state index contributed by atoms with van der Waals surface area (Å²) in [6.45, 7) is 1.76. The van der Waals surface area contributed by atoms with Crippen LogP contribution in [0.5, 0.6) is 0 Å². The molecule has 1 aromatic carbocycles. The summed E-state index contributed by atoms with van der Waals surface area (Å²) in [6, 6.07) is 2.90. The lowest BCUT2D eigenvalue weighted by Crippen LogP contribution is -2.11. The summed E-state index contributed by atoms with van der Waals surface area (Å²) >= 11 is 0. The fourth-order valence-corrected chi connectivity index (χ4v) is 3.01. The van der Waals surface area contributed by atoms with Crippen LogP contribution in [0.25, 0.3) is 0 Å². The molecule has 1 nitrogen and oxygen atoms in total. The highest BCUT2D eigenvalue weighted by molar-refractivity contribution is 5.35. The second-order valence-electron chi connectivity index (χ2n) is 5.28. The van der Waals surface area contributed by atoms with E-state index in [0.717, 1.165) is 32.0 Å². The molecule has 5 heteroatoms. The molecule has 98 valence electrons. The van der Waals surface area contributed by atoms with E-state index in [4.69, 9.17) is 0 Å². The molecule has 2 atom stereocenters. The maximum Gasteiger partial charge on any atom is 0.416 e. The van der Waals surface area contributed by atoms with E-state index in [-0.39, 0.29) is 11.3 Å². The molecular weight excluding hydrogens is 246 g/mol. The topological polar surface area (TPSA) is 12.0 Å². The molecule has 0 amide bonds. The van der Waals surface area contributed by atoms with E-state index >= 15 is 0 Å². The minimum atomic E-state index is -4.48. The number of nitrogens with one attached hydrogen (secondary N) is 1. The van der Waals surface area contributed by atoms with Gasteiger partial charge in [0.15, 0.2) is 0 Å². The minimum absolute atomic E-state index is 0.0785. The zero-order valence-electron chi connectivity index (χ0n) is 9.65. The fraction of sp³-hybridized carbons (Fsp3) is 0.538. The lowest BCUT2D eigenvalue weighted by molar-refractivity contribution is -0.137. The molecule has 1 spiro atoms. The van der Waals surface area contributed by atoms with Gasteiger partial charge in [0.25, 0.3) is 0 Å². The molecule has 0 bridgehead atoms. The van der Waals surface area contributed by atoms with Gasteiger partial charge in [-0.25, -0.2) is 4.39 Å². The SMILES string of the molecule is Fc1cc(C(F)(F)F)ccc1[C@H]1C[C@@]12CCNC2. The van der Waals surface area contributed by atoms with Crippen LogP contribution >= 0.6 is 0 Å². The number of hydrogen-bond acceptors (Lipinski definition) is 1. The van der Waals surface area contributed by atoms with Crippen LogP contribution in [-0.4, -0.2) is 13.1 Å². The summed E-state index contributed by atoms with van der Waals surface area (Å²) in [4.78, 5) is 0. The van der Waals surface area contributed by atoms with E-state index in [9.17, 15) is 17.6 Å². The van der Waals surface area contributed by atoms with Gasteiger partial charge in [-0.15, -0.1) is 0 Å². The normalized spacial score (nSPS) is 31.0. The van der Waals surface area contributed by atoms with Crippen LogP contribution in [0.3, 0.4) is 0 Å². The molecule has 1 heterocycles. The van der Waals surface area contributed by atoms with Crippen LogP contribution in [0, 0.1) is 11.2 Å². The third kappa shape index (κ3) is 1.81. The summed E-state index contributed by atoms with van der Waals surface area (Å²) in [5, 5.41) is 3.23. The van der Waals surface area contributed by atoms with Crippen molar-refractivity contribution >= 4 is 0 Å². The first kappa shape index (κ1) is 12.0. The van der Waals surface area contributed by atoms with Gasteiger partial charge in [0, 0.05) is 6.54 Å². The van der Waals surface area contributed by atoms with Crippen molar-refractivity contribution in [2.45, 2.75) is 24.9 Å². The van der Waals surface area contributed by atoms with Crippen LogP contribution in [0.1, 0.15) is 29.9 Å². The predicted octanol–water partition coefficient (Wildman–Crippen LogP) is 3.31. The molecule has 1 aliphatic carbocycles. The Morgan fingerprint density at radius 2 is 2.06 bits per heavy atom.